The first-order valence-corrected chi connectivity index (χ1v) is 7.95. The van der Waals surface area contributed by atoms with Crippen LogP contribution in [0.2, 0.25) is 0 Å². The van der Waals surface area contributed by atoms with Crippen LogP contribution in [0.3, 0.4) is 0 Å². The van der Waals surface area contributed by atoms with Crippen LogP contribution < -0.4 is 5.32 Å². The van der Waals surface area contributed by atoms with Crippen molar-refractivity contribution >= 4 is 9.84 Å². The zero-order valence-electron chi connectivity index (χ0n) is 11.1. The van der Waals surface area contributed by atoms with Crippen LogP contribution in [0.5, 0.6) is 0 Å². The summed E-state index contributed by atoms with van der Waals surface area (Å²) in [4.78, 5) is 2.12. The fourth-order valence-electron chi connectivity index (χ4n) is 2.27. The standard InChI is InChI=1S/C14H17N3O2S/c1-2-14(17-9-7-16-8-10-17)20(18,19)13-5-3-12(11-15)4-6-13/h2-6,14,16H,1,7-10H2. The zero-order chi connectivity index (χ0) is 14.6. The Morgan fingerprint density at radius 1 is 1.30 bits per heavy atom. The Morgan fingerprint density at radius 2 is 1.90 bits per heavy atom. The van der Waals surface area contributed by atoms with E-state index in [9.17, 15) is 8.42 Å². The Morgan fingerprint density at radius 3 is 2.40 bits per heavy atom. The minimum absolute atomic E-state index is 0.222. The molecular formula is C14H17N3O2S. The smallest absolute Gasteiger partial charge is 0.198 e. The Kier molecular flexibility index (Phi) is 4.55. The fraction of sp³-hybridized carbons (Fsp3) is 0.357. The number of nitriles is 1. The van der Waals surface area contributed by atoms with Crippen LogP contribution >= 0.6 is 0 Å². The quantitative estimate of drug-likeness (QED) is 0.829. The molecule has 5 nitrogen and oxygen atoms in total. The van der Waals surface area contributed by atoms with Crippen molar-refractivity contribution in [1.82, 2.24) is 10.2 Å². The second kappa shape index (κ2) is 6.18. The van der Waals surface area contributed by atoms with Crippen molar-refractivity contribution in [2.45, 2.75) is 10.3 Å². The van der Waals surface area contributed by atoms with Crippen LogP contribution in [0.1, 0.15) is 5.56 Å². The molecule has 0 aliphatic carbocycles. The van der Waals surface area contributed by atoms with Crippen molar-refractivity contribution in [3.8, 4) is 6.07 Å². The monoisotopic (exact) mass is 291 g/mol. The van der Waals surface area contributed by atoms with E-state index in [0.717, 1.165) is 13.1 Å². The summed E-state index contributed by atoms with van der Waals surface area (Å²) >= 11 is 0. The highest BCUT2D eigenvalue weighted by Crippen LogP contribution is 2.20. The van der Waals surface area contributed by atoms with Crippen molar-refractivity contribution in [2.24, 2.45) is 0 Å². The zero-order valence-corrected chi connectivity index (χ0v) is 11.9. The van der Waals surface area contributed by atoms with E-state index in [1.54, 1.807) is 0 Å². The van der Waals surface area contributed by atoms with Crippen LogP contribution in [0, 0.1) is 11.3 Å². The molecule has 1 N–H and O–H groups in total. The van der Waals surface area contributed by atoms with Gasteiger partial charge in [-0.05, 0) is 24.3 Å². The number of nitrogens with zero attached hydrogens (tertiary/aromatic N) is 2. The van der Waals surface area contributed by atoms with Crippen molar-refractivity contribution in [3.63, 3.8) is 0 Å². The molecule has 1 atom stereocenters. The van der Waals surface area contributed by atoms with E-state index >= 15 is 0 Å². The number of rotatable bonds is 4. The lowest BCUT2D eigenvalue weighted by Gasteiger charge is -2.32. The lowest BCUT2D eigenvalue weighted by molar-refractivity contribution is 0.241. The van der Waals surface area contributed by atoms with Crippen LogP contribution in [-0.2, 0) is 9.84 Å². The largest absolute Gasteiger partial charge is 0.314 e. The molecule has 0 spiro atoms. The first kappa shape index (κ1) is 14.7. The SMILES string of the molecule is C=CC(N1CCNCC1)S(=O)(=O)c1ccc(C#N)cc1. The Balaban J connectivity index is 2.30. The van der Waals surface area contributed by atoms with Gasteiger partial charge in [-0.3, -0.25) is 4.90 Å². The van der Waals surface area contributed by atoms with Crippen LogP contribution in [-0.4, -0.2) is 44.9 Å². The number of hydrogen-bond acceptors (Lipinski definition) is 5. The molecule has 1 aliphatic rings. The van der Waals surface area contributed by atoms with E-state index in [1.165, 1.54) is 30.3 Å². The van der Waals surface area contributed by atoms with Gasteiger partial charge in [0.05, 0.1) is 16.5 Å². The normalized spacial score (nSPS) is 18.1. The summed E-state index contributed by atoms with van der Waals surface area (Å²) in [6, 6.07) is 7.97. The molecule has 1 aromatic carbocycles. The van der Waals surface area contributed by atoms with Crippen LogP contribution in [0.25, 0.3) is 0 Å². The van der Waals surface area contributed by atoms with Gasteiger partial charge in [0.1, 0.15) is 5.37 Å². The molecule has 106 valence electrons. The minimum Gasteiger partial charge on any atom is -0.314 e. The Hall–Kier alpha value is -1.68. The highest BCUT2D eigenvalue weighted by atomic mass is 32.2. The number of piperazine rings is 1. The van der Waals surface area contributed by atoms with Crippen molar-refractivity contribution in [2.75, 3.05) is 26.2 Å². The van der Waals surface area contributed by atoms with Crippen molar-refractivity contribution < 1.29 is 8.42 Å². The molecule has 1 aliphatic heterocycles. The summed E-state index contributed by atoms with van der Waals surface area (Å²) in [7, 11) is -3.51. The number of sulfone groups is 1. The first-order chi connectivity index (χ1) is 9.59. The van der Waals surface area contributed by atoms with Crippen molar-refractivity contribution in [3.05, 3.63) is 42.5 Å². The summed E-state index contributed by atoms with van der Waals surface area (Å²) in [5.74, 6) is 0. The maximum Gasteiger partial charge on any atom is 0.198 e. The van der Waals surface area contributed by atoms with Gasteiger partial charge in [-0.2, -0.15) is 5.26 Å². The molecule has 0 bridgehead atoms. The lowest BCUT2D eigenvalue weighted by atomic mass is 10.2. The predicted molar refractivity (Wildman–Crippen MR) is 76.8 cm³/mol. The van der Waals surface area contributed by atoms with E-state index in [-0.39, 0.29) is 4.90 Å². The highest BCUT2D eigenvalue weighted by molar-refractivity contribution is 7.92. The maximum absolute atomic E-state index is 12.6. The number of hydrogen-bond donors (Lipinski definition) is 1. The van der Waals surface area contributed by atoms with Gasteiger partial charge in [-0.25, -0.2) is 8.42 Å². The van der Waals surface area contributed by atoms with Gasteiger partial charge in [0.2, 0.25) is 0 Å². The Labute approximate surface area is 119 Å². The van der Waals surface area contributed by atoms with Gasteiger partial charge in [-0.1, -0.05) is 6.08 Å². The molecule has 2 rings (SSSR count). The highest BCUT2D eigenvalue weighted by Gasteiger charge is 2.31. The summed E-state index contributed by atoms with van der Waals surface area (Å²) in [5, 5.41) is 11.2. The molecule has 1 saturated heterocycles. The second-order valence-electron chi connectivity index (χ2n) is 4.59. The molecule has 1 heterocycles. The third-order valence-electron chi connectivity index (χ3n) is 3.34. The molecular weight excluding hydrogens is 274 g/mol. The summed E-state index contributed by atoms with van der Waals surface area (Å²) in [5.41, 5.74) is 0.446. The third kappa shape index (κ3) is 2.90. The van der Waals surface area contributed by atoms with E-state index in [0.29, 0.717) is 18.7 Å². The molecule has 0 saturated carbocycles. The summed E-state index contributed by atoms with van der Waals surface area (Å²) in [6.07, 6.45) is 1.47. The summed E-state index contributed by atoms with van der Waals surface area (Å²) in [6.45, 7) is 6.56. The van der Waals surface area contributed by atoms with E-state index in [1.807, 2.05) is 11.0 Å². The average molecular weight is 291 g/mol. The van der Waals surface area contributed by atoms with E-state index in [4.69, 9.17) is 5.26 Å². The molecule has 20 heavy (non-hydrogen) atoms. The van der Waals surface area contributed by atoms with Gasteiger partial charge in [0.25, 0.3) is 0 Å². The van der Waals surface area contributed by atoms with Gasteiger partial charge in [0.15, 0.2) is 9.84 Å². The predicted octanol–water partition coefficient (Wildman–Crippen LogP) is 0.749. The van der Waals surface area contributed by atoms with Crippen LogP contribution in [0.4, 0.5) is 0 Å². The van der Waals surface area contributed by atoms with Gasteiger partial charge < -0.3 is 5.32 Å². The third-order valence-corrected chi connectivity index (χ3v) is 5.40. The topological polar surface area (TPSA) is 73.2 Å². The maximum atomic E-state index is 12.6. The molecule has 0 radical (unpaired) electrons. The van der Waals surface area contributed by atoms with E-state index in [2.05, 4.69) is 11.9 Å². The number of benzene rings is 1. The van der Waals surface area contributed by atoms with E-state index < -0.39 is 15.2 Å². The van der Waals surface area contributed by atoms with Crippen molar-refractivity contribution in [1.29, 1.82) is 5.26 Å². The van der Waals surface area contributed by atoms with Gasteiger partial charge in [0, 0.05) is 26.2 Å². The molecule has 6 heteroatoms. The lowest BCUT2D eigenvalue weighted by Crippen LogP contribution is -2.50. The molecule has 1 fully saturated rings. The van der Waals surface area contributed by atoms with Gasteiger partial charge in [-0.15, -0.1) is 6.58 Å². The minimum atomic E-state index is -3.51. The van der Waals surface area contributed by atoms with Crippen LogP contribution in [0.15, 0.2) is 41.8 Å². The summed E-state index contributed by atoms with van der Waals surface area (Å²) < 4.78 is 25.3. The molecule has 0 amide bonds. The molecule has 1 unspecified atom stereocenters. The first-order valence-electron chi connectivity index (χ1n) is 6.41. The molecule has 1 aromatic rings. The molecule has 0 aromatic heterocycles. The second-order valence-corrected chi connectivity index (χ2v) is 6.64. The Bertz CT molecular complexity index is 611. The van der Waals surface area contributed by atoms with Gasteiger partial charge >= 0.3 is 0 Å². The average Bonchev–Trinajstić information content (AvgIpc) is 2.49. The number of nitrogens with one attached hydrogen (secondary N) is 1. The fourth-order valence-corrected chi connectivity index (χ4v) is 3.92.